The number of aromatic amines is 1. The van der Waals surface area contributed by atoms with Gasteiger partial charge in [-0.3, -0.25) is 10.1 Å². The Morgan fingerprint density at radius 3 is 2.68 bits per heavy atom. The molecule has 3 N–H and O–H groups in total. The smallest absolute Gasteiger partial charge is 0.413 e. The Morgan fingerprint density at radius 1 is 1.15 bits per heavy atom. The lowest BCUT2D eigenvalue weighted by atomic mass is 9.97. The summed E-state index contributed by atoms with van der Waals surface area (Å²) in [7, 11) is 2.88. The highest BCUT2D eigenvalue weighted by Gasteiger charge is 2.39. The number of imidazole rings is 1. The number of anilines is 1. The second-order valence-corrected chi connectivity index (χ2v) is 7.90. The van der Waals surface area contributed by atoms with Crippen molar-refractivity contribution in [2.75, 3.05) is 19.5 Å². The SMILES string of the molecule is COC(=O)Nc1nc2ccc(C3c4cccc(O)c4C(=O)N3Cc3ccc(OC)cc3)cc2[nH]1. The topological polar surface area (TPSA) is 117 Å². The monoisotopic (exact) mass is 458 g/mol. The van der Waals surface area contributed by atoms with Crippen molar-refractivity contribution in [2.45, 2.75) is 12.6 Å². The van der Waals surface area contributed by atoms with Crippen molar-refractivity contribution in [3.8, 4) is 11.5 Å². The Balaban J connectivity index is 1.55. The van der Waals surface area contributed by atoms with Gasteiger partial charge >= 0.3 is 6.09 Å². The summed E-state index contributed by atoms with van der Waals surface area (Å²) >= 11 is 0. The first kappa shape index (κ1) is 21.3. The molecule has 2 amide bonds. The van der Waals surface area contributed by atoms with Gasteiger partial charge in [-0.05, 0) is 47.0 Å². The van der Waals surface area contributed by atoms with Crippen molar-refractivity contribution in [2.24, 2.45) is 0 Å². The van der Waals surface area contributed by atoms with Gasteiger partial charge in [0.2, 0.25) is 5.95 Å². The minimum Gasteiger partial charge on any atom is -0.507 e. The molecule has 0 fully saturated rings. The Bertz CT molecular complexity index is 1400. The molecule has 1 aromatic heterocycles. The van der Waals surface area contributed by atoms with Gasteiger partial charge in [0.15, 0.2) is 0 Å². The fraction of sp³-hybridized carbons (Fsp3) is 0.160. The summed E-state index contributed by atoms with van der Waals surface area (Å²) < 4.78 is 9.85. The van der Waals surface area contributed by atoms with Gasteiger partial charge in [0.25, 0.3) is 5.91 Å². The summed E-state index contributed by atoms with van der Waals surface area (Å²) in [6.45, 7) is 0.345. The molecule has 1 aliphatic rings. The molecule has 9 heteroatoms. The van der Waals surface area contributed by atoms with Crippen molar-refractivity contribution >= 4 is 29.0 Å². The number of benzene rings is 3. The third-order valence-corrected chi connectivity index (χ3v) is 5.90. The number of phenols is 1. The second-order valence-electron chi connectivity index (χ2n) is 7.90. The predicted octanol–water partition coefficient (Wildman–Crippen LogP) is 4.20. The highest BCUT2D eigenvalue weighted by atomic mass is 16.5. The zero-order chi connectivity index (χ0) is 23.8. The molecule has 172 valence electrons. The van der Waals surface area contributed by atoms with E-state index < -0.39 is 12.1 Å². The van der Waals surface area contributed by atoms with Crippen LogP contribution in [0, 0.1) is 0 Å². The van der Waals surface area contributed by atoms with Crippen LogP contribution in [0.4, 0.5) is 10.7 Å². The number of phenolic OH excluding ortho intramolecular Hbond substituents is 1. The molecule has 9 nitrogen and oxygen atoms in total. The molecule has 0 saturated heterocycles. The molecule has 1 unspecified atom stereocenters. The van der Waals surface area contributed by atoms with Gasteiger partial charge in [-0.2, -0.15) is 0 Å². The molecule has 2 heterocycles. The predicted molar refractivity (Wildman–Crippen MR) is 125 cm³/mol. The van der Waals surface area contributed by atoms with Crippen LogP contribution in [-0.4, -0.2) is 46.2 Å². The standard InChI is InChI=1S/C25H22N4O5/c1-33-16-9-6-14(7-10-16)13-29-22(17-4-3-5-20(30)21(17)23(29)31)15-8-11-18-19(12-15)27-24(26-18)28-25(32)34-2/h3-12,22,30H,13H2,1-2H3,(H2,26,27,28,32). The minimum absolute atomic E-state index is 0.0445. The van der Waals surface area contributed by atoms with E-state index in [0.717, 1.165) is 22.4 Å². The summed E-state index contributed by atoms with van der Waals surface area (Å²) in [6.07, 6.45) is -0.629. The van der Waals surface area contributed by atoms with Crippen LogP contribution in [0.15, 0.2) is 60.7 Å². The number of aromatic nitrogens is 2. The van der Waals surface area contributed by atoms with Gasteiger partial charge < -0.3 is 24.5 Å². The number of hydrogen-bond acceptors (Lipinski definition) is 6. The van der Waals surface area contributed by atoms with E-state index in [1.54, 1.807) is 18.1 Å². The third-order valence-electron chi connectivity index (χ3n) is 5.90. The number of hydrogen-bond donors (Lipinski definition) is 3. The van der Waals surface area contributed by atoms with E-state index >= 15 is 0 Å². The number of nitrogens with one attached hydrogen (secondary N) is 2. The fourth-order valence-corrected chi connectivity index (χ4v) is 4.30. The van der Waals surface area contributed by atoms with Crippen molar-refractivity contribution in [1.82, 2.24) is 14.9 Å². The average molecular weight is 458 g/mol. The lowest BCUT2D eigenvalue weighted by Crippen LogP contribution is -2.28. The Hall–Kier alpha value is -4.53. The molecule has 1 atom stereocenters. The van der Waals surface area contributed by atoms with Crippen molar-refractivity contribution in [1.29, 1.82) is 0 Å². The molecule has 3 aromatic carbocycles. The Labute approximate surface area is 194 Å². The zero-order valence-corrected chi connectivity index (χ0v) is 18.5. The number of ether oxygens (including phenoxy) is 2. The van der Waals surface area contributed by atoms with Crippen molar-refractivity contribution < 1.29 is 24.2 Å². The van der Waals surface area contributed by atoms with Crippen LogP contribution >= 0.6 is 0 Å². The van der Waals surface area contributed by atoms with E-state index in [1.807, 2.05) is 48.5 Å². The first-order chi connectivity index (χ1) is 16.5. The van der Waals surface area contributed by atoms with Gasteiger partial charge in [0, 0.05) is 6.54 Å². The summed E-state index contributed by atoms with van der Waals surface area (Å²) in [4.78, 5) is 34.1. The number of rotatable bonds is 5. The lowest BCUT2D eigenvalue weighted by molar-refractivity contribution is 0.0734. The third kappa shape index (κ3) is 3.66. The van der Waals surface area contributed by atoms with Gasteiger partial charge in [-0.25, -0.2) is 9.78 Å². The van der Waals surface area contributed by atoms with Gasteiger partial charge in [0.1, 0.15) is 11.5 Å². The van der Waals surface area contributed by atoms with Crippen LogP contribution in [0.25, 0.3) is 11.0 Å². The van der Waals surface area contributed by atoms with Crippen LogP contribution in [0.5, 0.6) is 11.5 Å². The molecule has 0 saturated carbocycles. The van der Waals surface area contributed by atoms with E-state index in [0.29, 0.717) is 23.1 Å². The van der Waals surface area contributed by atoms with Crippen LogP contribution in [0.3, 0.4) is 0 Å². The molecule has 0 radical (unpaired) electrons. The Morgan fingerprint density at radius 2 is 1.94 bits per heavy atom. The van der Waals surface area contributed by atoms with Crippen LogP contribution in [-0.2, 0) is 11.3 Å². The van der Waals surface area contributed by atoms with Crippen LogP contribution in [0.1, 0.15) is 33.1 Å². The summed E-state index contributed by atoms with van der Waals surface area (Å²) in [5.41, 5.74) is 4.14. The van der Waals surface area contributed by atoms with Crippen molar-refractivity contribution in [3.05, 3.63) is 82.9 Å². The maximum Gasteiger partial charge on any atom is 0.413 e. The Kier molecular flexibility index (Phi) is 5.29. The number of aromatic hydroxyl groups is 1. The van der Waals surface area contributed by atoms with Gasteiger partial charge in [-0.1, -0.05) is 30.3 Å². The number of methoxy groups -OCH3 is 2. The lowest BCUT2D eigenvalue weighted by Gasteiger charge is -2.26. The molecule has 5 rings (SSSR count). The normalized spacial score (nSPS) is 14.8. The van der Waals surface area contributed by atoms with Crippen molar-refractivity contribution in [3.63, 3.8) is 0 Å². The summed E-state index contributed by atoms with van der Waals surface area (Å²) in [6, 6.07) is 17.8. The van der Waals surface area contributed by atoms with E-state index in [1.165, 1.54) is 13.2 Å². The highest BCUT2D eigenvalue weighted by molar-refractivity contribution is 6.02. The first-order valence-corrected chi connectivity index (χ1v) is 10.6. The van der Waals surface area contributed by atoms with E-state index in [-0.39, 0.29) is 17.6 Å². The molecule has 0 bridgehead atoms. The summed E-state index contributed by atoms with van der Waals surface area (Å²) in [5, 5.41) is 13.0. The van der Waals surface area contributed by atoms with E-state index in [9.17, 15) is 14.7 Å². The summed E-state index contributed by atoms with van der Waals surface area (Å²) in [5.74, 6) is 0.702. The number of nitrogens with zero attached hydrogens (tertiary/aromatic N) is 2. The number of H-pyrrole nitrogens is 1. The highest BCUT2D eigenvalue weighted by Crippen LogP contribution is 2.43. The van der Waals surface area contributed by atoms with Gasteiger partial charge in [-0.15, -0.1) is 0 Å². The number of amides is 2. The molecule has 4 aromatic rings. The number of carbonyl (C=O) groups is 2. The second kappa shape index (κ2) is 8.43. The van der Waals surface area contributed by atoms with E-state index in [2.05, 4.69) is 20.0 Å². The quantitative estimate of drug-likeness (QED) is 0.413. The van der Waals surface area contributed by atoms with Crippen LogP contribution in [0.2, 0.25) is 0 Å². The van der Waals surface area contributed by atoms with E-state index in [4.69, 9.17) is 4.74 Å². The largest absolute Gasteiger partial charge is 0.507 e. The zero-order valence-electron chi connectivity index (χ0n) is 18.5. The first-order valence-electron chi connectivity index (χ1n) is 10.6. The van der Waals surface area contributed by atoms with Gasteiger partial charge in [0.05, 0.1) is 36.9 Å². The molecule has 1 aliphatic heterocycles. The maximum absolute atomic E-state index is 13.4. The fourth-order valence-electron chi connectivity index (χ4n) is 4.30. The number of carbonyl (C=O) groups excluding carboxylic acids is 2. The molecule has 0 aliphatic carbocycles. The number of fused-ring (bicyclic) bond motifs is 2. The molecule has 34 heavy (non-hydrogen) atoms. The molecular weight excluding hydrogens is 436 g/mol. The maximum atomic E-state index is 13.4. The molecular formula is C25H22N4O5. The molecule has 0 spiro atoms. The average Bonchev–Trinajstić information content (AvgIpc) is 3.37. The minimum atomic E-state index is -0.629. The van der Waals surface area contributed by atoms with Crippen LogP contribution < -0.4 is 10.1 Å².